The molecule has 108 valence electrons. The van der Waals surface area contributed by atoms with Gasteiger partial charge in [-0.2, -0.15) is 0 Å². The van der Waals surface area contributed by atoms with Gasteiger partial charge in [-0.1, -0.05) is 48.9 Å². The lowest BCUT2D eigenvalue weighted by molar-refractivity contribution is -0.123. The van der Waals surface area contributed by atoms with E-state index in [0.29, 0.717) is 10.7 Å². The minimum atomic E-state index is -0.287. The highest BCUT2D eigenvalue weighted by molar-refractivity contribution is 6.31. The van der Waals surface area contributed by atoms with Gasteiger partial charge in [0.2, 0.25) is 5.91 Å². The lowest BCUT2D eigenvalue weighted by Gasteiger charge is -2.32. The molecule has 3 N–H and O–H groups in total. The topological polar surface area (TPSA) is 55.1 Å². The fourth-order valence-corrected chi connectivity index (χ4v) is 3.34. The maximum atomic E-state index is 12.4. The third-order valence-corrected chi connectivity index (χ3v) is 4.40. The Balaban J connectivity index is 2.19. The van der Waals surface area contributed by atoms with Crippen molar-refractivity contribution in [2.24, 2.45) is 0 Å². The third-order valence-electron chi connectivity index (χ3n) is 4.07. The number of rotatable bonds is 2. The minimum absolute atomic E-state index is 0.0283. The summed E-state index contributed by atoms with van der Waals surface area (Å²) in [6.45, 7) is 2.02. The average molecular weight is 301 g/mol. The van der Waals surface area contributed by atoms with Crippen molar-refractivity contribution in [3.05, 3.63) is 64.2 Å². The summed E-state index contributed by atoms with van der Waals surface area (Å²) in [4.78, 5) is 12.4. The van der Waals surface area contributed by atoms with Gasteiger partial charge in [0, 0.05) is 16.3 Å². The highest BCUT2D eigenvalue weighted by atomic mass is 35.5. The van der Waals surface area contributed by atoms with E-state index in [1.807, 2.05) is 43.3 Å². The lowest BCUT2D eigenvalue weighted by atomic mass is 9.82. The van der Waals surface area contributed by atoms with E-state index in [2.05, 4.69) is 5.32 Å². The Bertz CT molecular complexity index is 679. The monoisotopic (exact) mass is 300 g/mol. The third kappa shape index (κ3) is 2.28. The molecule has 3 nitrogen and oxygen atoms in total. The molecule has 2 unspecified atom stereocenters. The smallest absolute Gasteiger partial charge is 0.228 e. The minimum Gasteiger partial charge on any atom is -0.398 e. The van der Waals surface area contributed by atoms with E-state index >= 15 is 0 Å². The van der Waals surface area contributed by atoms with Gasteiger partial charge in [0.1, 0.15) is 0 Å². The van der Waals surface area contributed by atoms with Crippen molar-refractivity contribution in [2.75, 3.05) is 5.73 Å². The molecule has 2 aromatic rings. The molecular weight excluding hydrogens is 284 g/mol. The molecule has 1 heterocycles. The van der Waals surface area contributed by atoms with Crippen LogP contribution in [0.4, 0.5) is 5.69 Å². The van der Waals surface area contributed by atoms with Gasteiger partial charge in [-0.15, -0.1) is 0 Å². The number of halogens is 1. The second-order valence-electron chi connectivity index (χ2n) is 5.27. The first-order valence-electron chi connectivity index (χ1n) is 7.06. The van der Waals surface area contributed by atoms with Crippen molar-refractivity contribution in [2.45, 2.75) is 25.3 Å². The predicted molar refractivity (Wildman–Crippen MR) is 85.3 cm³/mol. The molecule has 0 fully saturated rings. The first-order chi connectivity index (χ1) is 10.1. The molecule has 1 aliphatic rings. The number of carbonyl (C=O) groups excluding carboxylic acids is 1. The van der Waals surface area contributed by atoms with Crippen molar-refractivity contribution in [1.82, 2.24) is 5.32 Å². The van der Waals surface area contributed by atoms with Gasteiger partial charge in [0.25, 0.3) is 0 Å². The van der Waals surface area contributed by atoms with Crippen LogP contribution in [-0.2, 0) is 4.79 Å². The van der Waals surface area contributed by atoms with Crippen LogP contribution in [0.25, 0.3) is 0 Å². The van der Waals surface area contributed by atoms with Gasteiger partial charge >= 0.3 is 0 Å². The highest BCUT2D eigenvalue weighted by Gasteiger charge is 2.34. The van der Waals surface area contributed by atoms with Gasteiger partial charge < -0.3 is 11.1 Å². The number of anilines is 1. The van der Waals surface area contributed by atoms with Crippen LogP contribution in [0.2, 0.25) is 5.02 Å². The Labute approximate surface area is 129 Å². The fourth-order valence-electron chi connectivity index (χ4n) is 3.04. The SMILES string of the molecule is CCC1C(=O)NC(c2c(N)cccc2Cl)c2ccccc21. The van der Waals surface area contributed by atoms with Gasteiger partial charge in [0.05, 0.1) is 12.0 Å². The average Bonchev–Trinajstić information content (AvgIpc) is 2.47. The van der Waals surface area contributed by atoms with Crippen molar-refractivity contribution in [1.29, 1.82) is 0 Å². The summed E-state index contributed by atoms with van der Waals surface area (Å²) >= 11 is 6.32. The van der Waals surface area contributed by atoms with Gasteiger partial charge in [-0.3, -0.25) is 4.79 Å². The normalized spacial score (nSPS) is 20.8. The van der Waals surface area contributed by atoms with Crippen molar-refractivity contribution < 1.29 is 4.79 Å². The number of nitrogens with one attached hydrogen (secondary N) is 1. The van der Waals surface area contributed by atoms with Crippen LogP contribution in [0, 0.1) is 0 Å². The summed E-state index contributed by atoms with van der Waals surface area (Å²) in [5.41, 5.74) is 9.59. The van der Waals surface area contributed by atoms with Gasteiger partial charge in [0.15, 0.2) is 0 Å². The van der Waals surface area contributed by atoms with E-state index in [4.69, 9.17) is 17.3 Å². The van der Waals surface area contributed by atoms with Crippen LogP contribution in [-0.4, -0.2) is 5.91 Å². The summed E-state index contributed by atoms with van der Waals surface area (Å²) in [7, 11) is 0. The van der Waals surface area contributed by atoms with Crippen molar-refractivity contribution in [3.63, 3.8) is 0 Å². The van der Waals surface area contributed by atoms with Crippen LogP contribution in [0.5, 0.6) is 0 Å². The molecule has 1 amide bonds. The van der Waals surface area contributed by atoms with Gasteiger partial charge in [-0.25, -0.2) is 0 Å². The summed E-state index contributed by atoms with van der Waals surface area (Å²) in [5, 5.41) is 3.64. The maximum absolute atomic E-state index is 12.4. The quantitative estimate of drug-likeness (QED) is 0.832. The number of hydrogen-bond donors (Lipinski definition) is 2. The van der Waals surface area contributed by atoms with Crippen LogP contribution in [0.3, 0.4) is 0 Å². The zero-order chi connectivity index (χ0) is 15.0. The van der Waals surface area contributed by atoms with Crippen LogP contribution < -0.4 is 11.1 Å². The summed E-state index contributed by atoms with van der Waals surface area (Å²) in [6, 6.07) is 13.1. The van der Waals surface area contributed by atoms with E-state index in [1.165, 1.54) is 0 Å². The standard InChI is InChI=1S/C17H17ClN2O/c1-2-10-11-6-3-4-7-12(11)16(20-17(10)21)15-13(18)8-5-9-14(15)19/h3-10,16H,2,19H2,1H3,(H,20,21). The molecule has 2 aromatic carbocycles. The van der Waals surface area contributed by atoms with E-state index in [1.54, 1.807) is 6.07 Å². The largest absolute Gasteiger partial charge is 0.398 e. The van der Waals surface area contributed by atoms with Crippen LogP contribution >= 0.6 is 11.6 Å². The lowest BCUT2D eigenvalue weighted by Crippen LogP contribution is -2.39. The molecule has 0 bridgehead atoms. The summed E-state index contributed by atoms with van der Waals surface area (Å²) in [6.07, 6.45) is 0.771. The summed E-state index contributed by atoms with van der Waals surface area (Å²) in [5.74, 6) is -0.0818. The Kier molecular flexibility index (Phi) is 3.60. The molecule has 3 rings (SSSR count). The van der Waals surface area contributed by atoms with Gasteiger partial charge in [-0.05, 0) is 29.7 Å². The van der Waals surface area contributed by atoms with Crippen LogP contribution in [0.1, 0.15) is 42.0 Å². The number of amides is 1. The first-order valence-corrected chi connectivity index (χ1v) is 7.44. The molecule has 4 heteroatoms. The van der Waals surface area contributed by atoms with E-state index in [-0.39, 0.29) is 17.9 Å². The molecule has 0 saturated carbocycles. The first kappa shape index (κ1) is 14.0. The Morgan fingerprint density at radius 3 is 2.52 bits per heavy atom. The summed E-state index contributed by atoms with van der Waals surface area (Å²) < 4.78 is 0. The molecular formula is C17H17ClN2O. The number of hydrogen-bond acceptors (Lipinski definition) is 2. The molecule has 2 atom stereocenters. The Morgan fingerprint density at radius 1 is 1.14 bits per heavy atom. The maximum Gasteiger partial charge on any atom is 0.228 e. The molecule has 0 radical (unpaired) electrons. The molecule has 0 aromatic heterocycles. The van der Waals surface area contributed by atoms with Crippen LogP contribution in [0.15, 0.2) is 42.5 Å². The zero-order valence-corrected chi connectivity index (χ0v) is 12.5. The second kappa shape index (κ2) is 5.41. The predicted octanol–water partition coefficient (Wildman–Crippen LogP) is 3.64. The van der Waals surface area contributed by atoms with E-state index in [0.717, 1.165) is 23.1 Å². The molecule has 1 aliphatic heterocycles. The Morgan fingerprint density at radius 2 is 1.86 bits per heavy atom. The van der Waals surface area contributed by atoms with E-state index < -0.39 is 0 Å². The second-order valence-corrected chi connectivity index (χ2v) is 5.68. The number of fused-ring (bicyclic) bond motifs is 1. The number of carbonyl (C=O) groups is 1. The van der Waals surface area contributed by atoms with Crippen molar-refractivity contribution >= 4 is 23.2 Å². The number of benzene rings is 2. The molecule has 0 aliphatic carbocycles. The van der Waals surface area contributed by atoms with Crippen molar-refractivity contribution in [3.8, 4) is 0 Å². The molecule has 21 heavy (non-hydrogen) atoms. The number of nitrogens with two attached hydrogens (primary N) is 1. The molecule has 0 spiro atoms. The number of nitrogen functional groups attached to an aromatic ring is 1. The molecule has 0 saturated heterocycles. The fraction of sp³-hybridized carbons (Fsp3) is 0.235. The zero-order valence-electron chi connectivity index (χ0n) is 11.8. The van der Waals surface area contributed by atoms with E-state index in [9.17, 15) is 4.79 Å². The Hall–Kier alpha value is -2.00. The highest BCUT2D eigenvalue weighted by Crippen LogP contribution is 2.40.